The Morgan fingerprint density at radius 3 is 2.61 bits per heavy atom. The Bertz CT molecular complexity index is 1290. The van der Waals surface area contributed by atoms with Crippen LogP contribution in [0, 0.1) is 19.8 Å². The molecule has 8 heteroatoms. The van der Waals surface area contributed by atoms with E-state index in [1.165, 1.54) is 18.9 Å². The monoisotopic (exact) mass is 496 g/mol. The van der Waals surface area contributed by atoms with Crippen LogP contribution in [0.3, 0.4) is 0 Å². The Hall–Kier alpha value is -3.00. The van der Waals surface area contributed by atoms with Crippen LogP contribution in [0.4, 0.5) is 14.6 Å². The van der Waals surface area contributed by atoms with Crippen molar-refractivity contribution in [2.45, 2.75) is 64.6 Å². The fraction of sp³-hybridized carbons (Fsp3) is 0.500. The average molecular weight is 497 g/mol. The molecule has 1 saturated heterocycles. The zero-order valence-electron chi connectivity index (χ0n) is 21.7. The third kappa shape index (κ3) is 4.59. The molecule has 5 rings (SSSR count). The minimum absolute atomic E-state index is 0.0346. The number of hydrogen-bond donors (Lipinski definition) is 1. The first-order valence-corrected chi connectivity index (χ1v) is 12.5. The van der Waals surface area contributed by atoms with Crippen LogP contribution in [0.1, 0.15) is 55.2 Å². The number of fused-ring (bicyclic) bond motifs is 2. The topological polar surface area (TPSA) is 59.5 Å². The van der Waals surface area contributed by atoms with E-state index in [2.05, 4.69) is 27.2 Å². The molecule has 2 unspecified atom stereocenters. The highest BCUT2D eigenvalue weighted by Gasteiger charge is 2.50. The fourth-order valence-electron chi connectivity index (χ4n) is 5.66. The second kappa shape index (κ2) is 9.14. The van der Waals surface area contributed by atoms with Crippen molar-refractivity contribution in [2.24, 2.45) is 5.92 Å². The predicted molar refractivity (Wildman–Crippen MR) is 137 cm³/mol. The largest absolute Gasteiger partial charge is 0.493 e. The first-order chi connectivity index (χ1) is 17.1. The molecule has 1 aliphatic heterocycles. The molecule has 0 spiro atoms. The lowest BCUT2D eigenvalue weighted by Crippen LogP contribution is -2.33. The van der Waals surface area contributed by atoms with E-state index in [4.69, 9.17) is 9.47 Å². The molecular formula is C28H34F2N4O2. The van der Waals surface area contributed by atoms with Crippen molar-refractivity contribution < 1.29 is 18.3 Å². The SMILES string of the molecule is COc1cc2nc(C)nc(N[C@H](C)c3cccc(C(C)(F)F)c3C)c2cc1OC[C@@H]1CC2CC2N1C. The Morgan fingerprint density at radius 1 is 1.17 bits per heavy atom. The zero-order chi connectivity index (χ0) is 25.8. The lowest BCUT2D eigenvalue weighted by Gasteiger charge is -2.24. The zero-order valence-corrected chi connectivity index (χ0v) is 21.7. The molecule has 2 heterocycles. The van der Waals surface area contributed by atoms with Crippen LogP contribution >= 0.6 is 0 Å². The van der Waals surface area contributed by atoms with Crippen LogP contribution in [0.5, 0.6) is 11.5 Å². The number of halogens is 2. The number of benzene rings is 2. The molecule has 0 radical (unpaired) electrons. The molecule has 2 aliphatic rings. The van der Waals surface area contributed by atoms with Gasteiger partial charge in [0, 0.05) is 36.0 Å². The van der Waals surface area contributed by atoms with Crippen molar-refractivity contribution in [3.8, 4) is 11.5 Å². The smallest absolute Gasteiger partial charge is 0.270 e. The number of rotatable bonds is 8. The highest BCUT2D eigenvalue weighted by atomic mass is 19.3. The molecule has 2 fully saturated rings. The fourth-order valence-corrected chi connectivity index (χ4v) is 5.66. The number of anilines is 1. The summed E-state index contributed by atoms with van der Waals surface area (Å²) in [6.07, 6.45) is 2.47. The van der Waals surface area contributed by atoms with Gasteiger partial charge in [-0.3, -0.25) is 4.90 Å². The molecule has 1 N–H and O–H groups in total. The number of nitrogens with one attached hydrogen (secondary N) is 1. The molecule has 2 aromatic carbocycles. The van der Waals surface area contributed by atoms with Gasteiger partial charge in [-0.05, 0) is 63.8 Å². The lowest BCUT2D eigenvalue weighted by molar-refractivity contribution is 0.0167. The first kappa shape index (κ1) is 24.7. The van der Waals surface area contributed by atoms with Gasteiger partial charge >= 0.3 is 0 Å². The molecule has 1 aliphatic carbocycles. The molecule has 1 saturated carbocycles. The predicted octanol–water partition coefficient (Wildman–Crippen LogP) is 6.01. The van der Waals surface area contributed by atoms with Gasteiger partial charge in [0.25, 0.3) is 5.92 Å². The van der Waals surface area contributed by atoms with E-state index in [0.29, 0.717) is 47.4 Å². The third-order valence-corrected chi connectivity index (χ3v) is 7.75. The van der Waals surface area contributed by atoms with Gasteiger partial charge in [0.05, 0.1) is 18.7 Å². The molecule has 0 amide bonds. The van der Waals surface area contributed by atoms with Crippen molar-refractivity contribution in [1.82, 2.24) is 14.9 Å². The quantitative estimate of drug-likeness (QED) is 0.412. The average Bonchev–Trinajstić information content (AvgIpc) is 3.52. The first-order valence-electron chi connectivity index (χ1n) is 12.5. The van der Waals surface area contributed by atoms with Gasteiger partial charge < -0.3 is 14.8 Å². The molecule has 1 aromatic heterocycles. The maximum Gasteiger partial charge on any atom is 0.270 e. The van der Waals surface area contributed by atoms with Gasteiger partial charge in [0.2, 0.25) is 0 Å². The number of hydrogen-bond acceptors (Lipinski definition) is 6. The van der Waals surface area contributed by atoms with Crippen LogP contribution in [-0.2, 0) is 5.92 Å². The van der Waals surface area contributed by atoms with E-state index in [-0.39, 0.29) is 11.6 Å². The number of nitrogens with zero attached hydrogens (tertiary/aromatic N) is 3. The molecule has 192 valence electrons. The van der Waals surface area contributed by atoms with E-state index < -0.39 is 5.92 Å². The van der Waals surface area contributed by atoms with Gasteiger partial charge in [-0.25, -0.2) is 18.7 Å². The number of aromatic nitrogens is 2. The van der Waals surface area contributed by atoms with Gasteiger partial charge in [0.15, 0.2) is 11.5 Å². The van der Waals surface area contributed by atoms with Crippen molar-refractivity contribution in [2.75, 3.05) is 26.1 Å². The Labute approximate surface area is 211 Å². The molecule has 36 heavy (non-hydrogen) atoms. The summed E-state index contributed by atoms with van der Waals surface area (Å²) in [5.74, 6) is 0.403. The highest BCUT2D eigenvalue weighted by molar-refractivity contribution is 5.92. The third-order valence-electron chi connectivity index (χ3n) is 7.75. The van der Waals surface area contributed by atoms with Crippen molar-refractivity contribution in [3.05, 3.63) is 52.8 Å². The van der Waals surface area contributed by atoms with E-state index in [1.807, 2.05) is 32.0 Å². The summed E-state index contributed by atoms with van der Waals surface area (Å²) >= 11 is 0. The maximum absolute atomic E-state index is 14.1. The number of likely N-dealkylation sites (tertiary alicyclic amines) is 1. The number of piperidine rings is 1. The van der Waals surface area contributed by atoms with Gasteiger partial charge in [0.1, 0.15) is 18.2 Å². The summed E-state index contributed by atoms with van der Waals surface area (Å²) in [6.45, 7) is 7.04. The second-order valence-corrected chi connectivity index (χ2v) is 10.3. The number of methoxy groups -OCH3 is 1. The molecule has 6 nitrogen and oxygen atoms in total. The van der Waals surface area contributed by atoms with Gasteiger partial charge in [-0.2, -0.15) is 0 Å². The lowest BCUT2D eigenvalue weighted by atomic mass is 9.94. The summed E-state index contributed by atoms with van der Waals surface area (Å²) in [4.78, 5) is 11.7. The summed E-state index contributed by atoms with van der Waals surface area (Å²) in [6, 6.07) is 9.67. The van der Waals surface area contributed by atoms with Crippen LogP contribution in [0.2, 0.25) is 0 Å². The summed E-state index contributed by atoms with van der Waals surface area (Å²) < 4.78 is 40.1. The van der Waals surface area contributed by atoms with Crippen molar-refractivity contribution in [3.63, 3.8) is 0 Å². The Kier molecular flexibility index (Phi) is 6.27. The molecule has 3 aromatic rings. The molecular weight excluding hydrogens is 462 g/mol. The van der Waals surface area contributed by atoms with E-state index >= 15 is 0 Å². The van der Waals surface area contributed by atoms with Gasteiger partial charge in [-0.15, -0.1) is 0 Å². The van der Waals surface area contributed by atoms with Crippen molar-refractivity contribution >= 4 is 16.7 Å². The van der Waals surface area contributed by atoms with Gasteiger partial charge in [-0.1, -0.05) is 18.2 Å². The van der Waals surface area contributed by atoms with Crippen LogP contribution in [0.15, 0.2) is 30.3 Å². The summed E-state index contributed by atoms with van der Waals surface area (Å²) in [7, 11) is 3.80. The standard InChI is InChI=1S/C28H34F2N4O2/c1-15-20(8-7-9-22(15)28(4,29)30)16(2)31-27-21-12-26(25(35-6)13-23(21)32-17(3)33-27)36-14-19-10-18-11-24(18)34(19)5/h7-9,12-13,16,18-19,24H,10-11,14H2,1-6H3,(H,31,32,33)/t16-,18?,19+,24?/m1/s1. The number of alkyl halides is 2. The molecule has 0 bridgehead atoms. The van der Waals surface area contributed by atoms with E-state index in [9.17, 15) is 8.78 Å². The summed E-state index contributed by atoms with van der Waals surface area (Å²) in [5, 5.41) is 4.23. The van der Waals surface area contributed by atoms with Crippen LogP contribution < -0.4 is 14.8 Å². The minimum Gasteiger partial charge on any atom is -0.493 e. The highest BCUT2D eigenvalue weighted by Crippen LogP contribution is 2.47. The number of ether oxygens (including phenoxy) is 2. The Morgan fingerprint density at radius 2 is 1.94 bits per heavy atom. The summed E-state index contributed by atoms with van der Waals surface area (Å²) in [5.41, 5.74) is 2.13. The molecule has 4 atom stereocenters. The van der Waals surface area contributed by atoms with E-state index in [0.717, 1.165) is 29.3 Å². The minimum atomic E-state index is -2.91. The van der Waals surface area contributed by atoms with Crippen molar-refractivity contribution in [1.29, 1.82) is 0 Å². The van der Waals surface area contributed by atoms with Crippen LogP contribution in [-0.4, -0.2) is 47.7 Å². The van der Waals surface area contributed by atoms with E-state index in [1.54, 1.807) is 20.1 Å². The maximum atomic E-state index is 14.1. The Balaban J connectivity index is 1.45. The van der Waals surface area contributed by atoms with Crippen LogP contribution in [0.25, 0.3) is 10.9 Å². The normalized spacial score (nSPS) is 22.4. The number of aryl methyl sites for hydroxylation is 1. The number of likely N-dealkylation sites (N-methyl/N-ethyl adjacent to an activating group) is 1. The second-order valence-electron chi connectivity index (χ2n) is 10.3.